The van der Waals surface area contributed by atoms with Crippen molar-refractivity contribution in [3.63, 3.8) is 0 Å². The van der Waals surface area contributed by atoms with Crippen molar-refractivity contribution in [3.05, 3.63) is 71.3 Å². The number of hydrogen-bond acceptors (Lipinski definition) is 3. The summed E-state index contributed by atoms with van der Waals surface area (Å²) in [5.41, 5.74) is 11.2. The second-order valence-corrected chi connectivity index (χ2v) is 8.15. The van der Waals surface area contributed by atoms with Crippen molar-refractivity contribution < 1.29 is 22.8 Å². The summed E-state index contributed by atoms with van der Waals surface area (Å²) in [6.07, 6.45) is -4.10. The van der Waals surface area contributed by atoms with Gasteiger partial charge in [-0.1, -0.05) is 42.5 Å². The summed E-state index contributed by atoms with van der Waals surface area (Å²) >= 11 is 0. The molecule has 8 heteroatoms. The fourth-order valence-electron chi connectivity index (χ4n) is 3.96. The molecular formula is C23H26F3N3O2. The first kappa shape index (κ1) is 22.8. The summed E-state index contributed by atoms with van der Waals surface area (Å²) in [5, 5.41) is 2.68. The van der Waals surface area contributed by atoms with E-state index in [9.17, 15) is 22.8 Å². The highest BCUT2D eigenvalue weighted by molar-refractivity contribution is 5.92. The van der Waals surface area contributed by atoms with Crippen molar-refractivity contribution in [1.82, 2.24) is 5.32 Å². The summed E-state index contributed by atoms with van der Waals surface area (Å²) < 4.78 is 41.2. The molecule has 0 saturated heterocycles. The SMILES string of the molecule is NC(=O)c1ccc(CC(N)CNC(=O)CC(c2ccccc2)C2(C(F)(F)F)CC2)cc1. The van der Waals surface area contributed by atoms with Crippen LogP contribution >= 0.6 is 0 Å². The number of benzene rings is 2. The number of hydrogen-bond donors (Lipinski definition) is 3. The minimum atomic E-state index is -4.36. The third-order valence-corrected chi connectivity index (χ3v) is 5.91. The predicted molar refractivity (Wildman–Crippen MR) is 111 cm³/mol. The minimum Gasteiger partial charge on any atom is -0.366 e. The van der Waals surface area contributed by atoms with Gasteiger partial charge in [-0.25, -0.2) is 0 Å². The molecule has 2 unspecified atom stereocenters. The van der Waals surface area contributed by atoms with E-state index in [1.165, 1.54) is 0 Å². The first-order valence-electron chi connectivity index (χ1n) is 10.1. The van der Waals surface area contributed by atoms with E-state index in [1.807, 2.05) is 0 Å². The molecule has 5 N–H and O–H groups in total. The molecule has 2 aromatic carbocycles. The van der Waals surface area contributed by atoms with Gasteiger partial charge in [-0.2, -0.15) is 13.2 Å². The molecule has 1 saturated carbocycles. The summed E-state index contributed by atoms with van der Waals surface area (Å²) in [4.78, 5) is 23.6. The van der Waals surface area contributed by atoms with Gasteiger partial charge in [0, 0.05) is 30.5 Å². The molecule has 2 amide bonds. The Morgan fingerprint density at radius 3 is 2.16 bits per heavy atom. The van der Waals surface area contributed by atoms with E-state index in [2.05, 4.69) is 5.32 Å². The molecular weight excluding hydrogens is 407 g/mol. The molecule has 5 nitrogen and oxygen atoms in total. The predicted octanol–water partition coefficient (Wildman–Crippen LogP) is 3.29. The molecule has 166 valence electrons. The van der Waals surface area contributed by atoms with E-state index in [-0.39, 0.29) is 25.8 Å². The average molecular weight is 433 g/mol. The Balaban J connectivity index is 1.59. The van der Waals surface area contributed by atoms with Crippen molar-refractivity contribution in [2.24, 2.45) is 16.9 Å². The van der Waals surface area contributed by atoms with Crippen LogP contribution in [-0.4, -0.2) is 30.6 Å². The highest BCUT2D eigenvalue weighted by atomic mass is 19.4. The topological polar surface area (TPSA) is 98.2 Å². The van der Waals surface area contributed by atoms with Crippen LogP contribution in [0.4, 0.5) is 13.2 Å². The maximum atomic E-state index is 13.7. The molecule has 2 atom stereocenters. The highest BCUT2D eigenvalue weighted by Gasteiger charge is 2.67. The first-order valence-corrected chi connectivity index (χ1v) is 10.1. The summed E-state index contributed by atoms with van der Waals surface area (Å²) in [7, 11) is 0. The van der Waals surface area contributed by atoms with Crippen LogP contribution < -0.4 is 16.8 Å². The Bertz CT molecular complexity index is 910. The van der Waals surface area contributed by atoms with Gasteiger partial charge in [-0.3, -0.25) is 9.59 Å². The van der Waals surface area contributed by atoms with Crippen LogP contribution in [0, 0.1) is 5.41 Å². The van der Waals surface area contributed by atoms with E-state index < -0.39 is 35.4 Å². The average Bonchev–Trinajstić information content (AvgIpc) is 3.53. The van der Waals surface area contributed by atoms with E-state index in [0.29, 0.717) is 17.5 Å². The molecule has 1 fully saturated rings. The maximum absolute atomic E-state index is 13.7. The molecule has 1 aliphatic carbocycles. The zero-order chi connectivity index (χ0) is 22.6. The molecule has 0 aliphatic heterocycles. The summed E-state index contributed by atoms with van der Waals surface area (Å²) in [5.74, 6) is -1.90. The van der Waals surface area contributed by atoms with Crippen LogP contribution in [0.2, 0.25) is 0 Å². The van der Waals surface area contributed by atoms with Crippen LogP contribution in [0.5, 0.6) is 0 Å². The number of nitrogens with two attached hydrogens (primary N) is 2. The van der Waals surface area contributed by atoms with Crippen molar-refractivity contribution in [3.8, 4) is 0 Å². The number of alkyl halides is 3. The van der Waals surface area contributed by atoms with Crippen LogP contribution in [0.25, 0.3) is 0 Å². The molecule has 0 spiro atoms. The smallest absolute Gasteiger partial charge is 0.366 e. The first-order chi connectivity index (χ1) is 14.6. The molecule has 0 radical (unpaired) electrons. The van der Waals surface area contributed by atoms with Crippen molar-refractivity contribution in [1.29, 1.82) is 0 Å². The zero-order valence-corrected chi connectivity index (χ0v) is 17.0. The van der Waals surface area contributed by atoms with Gasteiger partial charge in [0.15, 0.2) is 0 Å². The Morgan fingerprint density at radius 2 is 1.65 bits per heavy atom. The fraction of sp³-hybridized carbons (Fsp3) is 0.391. The number of amides is 2. The number of carbonyl (C=O) groups excluding carboxylic acids is 2. The van der Waals surface area contributed by atoms with Crippen molar-refractivity contribution in [2.75, 3.05) is 6.54 Å². The Labute approximate surface area is 179 Å². The van der Waals surface area contributed by atoms with E-state index in [4.69, 9.17) is 11.5 Å². The largest absolute Gasteiger partial charge is 0.395 e. The standard InChI is InChI=1S/C23H26F3N3O2/c24-23(25,26)22(10-11-22)19(16-4-2-1-3-5-16)13-20(30)29-14-18(27)12-15-6-8-17(9-7-15)21(28)31/h1-9,18-19H,10-14,27H2,(H2,28,31)(H,29,30). The van der Waals surface area contributed by atoms with Gasteiger partial charge >= 0.3 is 6.18 Å². The van der Waals surface area contributed by atoms with Crippen LogP contribution in [0.1, 0.15) is 46.7 Å². The maximum Gasteiger partial charge on any atom is 0.395 e. The number of primary amides is 1. The van der Waals surface area contributed by atoms with Crippen molar-refractivity contribution in [2.45, 2.75) is 43.8 Å². The molecule has 3 rings (SSSR count). The molecule has 31 heavy (non-hydrogen) atoms. The highest BCUT2D eigenvalue weighted by Crippen LogP contribution is 2.66. The minimum absolute atomic E-state index is 0.0319. The molecule has 0 aromatic heterocycles. The molecule has 0 bridgehead atoms. The molecule has 1 aliphatic rings. The Kier molecular flexibility index (Phi) is 6.69. The lowest BCUT2D eigenvalue weighted by molar-refractivity contribution is -0.194. The monoisotopic (exact) mass is 433 g/mol. The van der Waals surface area contributed by atoms with Crippen LogP contribution in [0.3, 0.4) is 0 Å². The van der Waals surface area contributed by atoms with Gasteiger partial charge in [-0.15, -0.1) is 0 Å². The van der Waals surface area contributed by atoms with Gasteiger partial charge in [0.2, 0.25) is 11.8 Å². The summed E-state index contributed by atoms with van der Waals surface area (Å²) in [6, 6.07) is 14.6. The third kappa shape index (κ3) is 5.44. The molecule has 0 heterocycles. The number of rotatable bonds is 9. The van der Waals surface area contributed by atoms with Crippen LogP contribution in [0.15, 0.2) is 54.6 Å². The van der Waals surface area contributed by atoms with E-state index in [1.54, 1.807) is 54.6 Å². The lowest BCUT2D eigenvalue weighted by atomic mass is 9.80. The lowest BCUT2D eigenvalue weighted by Gasteiger charge is -2.29. The Morgan fingerprint density at radius 1 is 1.03 bits per heavy atom. The van der Waals surface area contributed by atoms with Gasteiger partial charge < -0.3 is 16.8 Å². The summed E-state index contributed by atoms with van der Waals surface area (Å²) in [6.45, 7) is 0.136. The van der Waals surface area contributed by atoms with E-state index >= 15 is 0 Å². The second-order valence-electron chi connectivity index (χ2n) is 8.15. The lowest BCUT2D eigenvalue weighted by Crippen LogP contribution is -2.40. The van der Waals surface area contributed by atoms with Gasteiger partial charge in [0.25, 0.3) is 0 Å². The number of nitrogens with one attached hydrogen (secondary N) is 1. The van der Waals surface area contributed by atoms with Gasteiger partial charge in [0.05, 0.1) is 5.41 Å². The van der Waals surface area contributed by atoms with E-state index in [0.717, 1.165) is 5.56 Å². The quantitative estimate of drug-likeness (QED) is 0.566. The number of halogens is 3. The molecule has 2 aromatic rings. The normalized spacial score (nSPS) is 16.9. The van der Waals surface area contributed by atoms with Gasteiger partial charge in [-0.05, 0) is 42.5 Å². The third-order valence-electron chi connectivity index (χ3n) is 5.91. The number of carbonyl (C=O) groups is 2. The van der Waals surface area contributed by atoms with Crippen LogP contribution in [-0.2, 0) is 11.2 Å². The zero-order valence-electron chi connectivity index (χ0n) is 17.0. The fourth-order valence-corrected chi connectivity index (χ4v) is 3.96. The van der Waals surface area contributed by atoms with Gasteiger partial charge in [0.1, 0.15) is 0 Å². The van der Waals surface area contributed by atoms with Crippen molar-refractivity contribution >= 4 is 11.8 Å². The second kappa shape index (κ2) is 9.09. The Hall–Kier alpha value is -2.87.